The number of hydrogen-bond donors (Lipinski definition) is 0. The monoisotopic (exact) mass is 354 g/mol. The van der Waals surface area contributed by atoms with Crippen LogP contribution in [0.4, 0.5) is 0 Å². The maximum atomic E-state index is 11.2. The van der Waals surface area contributed by atoms with E-state index in [0.717, 1.165) is 19.4 Å². The van der Waals surface area contributed by atoms with Crippen molar-refractivity contribution in [1.29, 1.82) is 0 Å². The summed E-state index contributed by atoms with van der Waals surface area (Å²) < 4.78 is 11.7. The van der Waals surface area contributed by atoms with Crippen LogP contribution in [-0.4, -0.2) is 27.5 Å². The molecule has 0 unspecified atom stereocenters. The zero-order chi connectivity index (χ0) is 18.8. The van der Waals surface area contributed by atoms with E-state index in [0.29, 0.717) is 18.4 Å². The van der Waals surface area contributed by atoms with Gasteiger partial charge in [0.2, 0.25) is 0 Å². The molecule has 0 radical (unpaired) electrons. The van der Waals surface area contributed by atoms with E-state index in [4.69, 9.17) is 9.16 Å². The standard InChI is InChI=1S/C20H38O3Si/c1-15(2)18-11-10-17(14-22-16(3)21)20(18,7)12-13-23-24(8,9)19(4,5)6/h10,15,18H,11-14H2,1-9H3/t18-,20+/m1/s1. The molecular formula is C20H38O3Si. The number of ether oxygens (including phenoxy) is 1. The van der Waals surface area contributed by atoms with Crippen molar-refractivity contribution in [1.82, 2.24) is 0 Å². The average Bonchev–Trinajstić information content (AvgIpc) is 2.71. The number of esters is 1. The highest BCUT2D eigenvalue weighted by Gasteiger charge is 2.44. The Morgan fingerprint density at radius 3 is 2.42 bits per heavy atom. The number of hydrogen-bond acceptors (Lipinski definition) is 3. The topological polar surface area (TPSA) is 35.5 Å². The first kappa shape index (κ1) is 21.4. The van der Waals surface area contributed by atoms with E-state index in [1.54, 1.807) is 0 Å². The zero-order valence-electron chi connectivity index (χ0n) is 17.3. The maximum absolute atomic E-state index is 11.2. The molecule has 0 amide bonds. The van der Waals surface area contributed by atoms with E-state index in [1.807, 2.05) is 0 Å². The molecule has 0 aromatic heterocycles. The molecule has 3 nitrogen and oxygen atoms in total. The number of allylic oxidation sites excluding steroid dienone is 1. The molecule has 2 atom stereocenters. The Kier molecular flexibility index (Phi) is 6.91. The lowest BCUT2D eigenvalue weighted by Crippen LogP contribution is -2.42. The van der Waals surface area contributed by atoms with Gasteiger partial charge >= 0.3 is 5.97 Å². The lowest BCUT2D eigenvalue weighted by atomic mass is 9.69. The molecule has 0 bridgehead atoms. The van der Waals surface area contributed by atoms with Crippen molar-refractivity contribution in [3.8, 4) is 0 Å². The molecular weight excluding hydrogens is 316 g/mol. The van der Waals surface area contributed by atoms with Gasteiger partial charge in [-0.05, 0) is 53.8 Å². The summed E-state index contributed by atoms with van der Waals surface area (Å²) in [5.74, 6) is 0.990. The Hall–Kier alpha value is -0.613. The minimum atomic E-state index is -1.72. The number of carbonyl (C=O) groups excluding carboxylic acids is 1. The summed E-state index contributed by atoms with van der Waals surface area (Å²) >= 11 is 0. The first-order valence-corrected chi connectivity index (χ1v) is 12.2. The molecule has 1 aliphatic rings. The fraction of sp³-hybridized carbons (Fsp3) is 0.850. The van der Waals surface area contributed by atoms with Gasteiger partial charge in [-0.3, -0.25) is 4.79 Å². The molecule has 1 rings (SSSR count). The van der Waals surface area contributed by atoms with Crippen LogP contribution in [0, 0.1) is 17.3 Å². The van der Waals surface area contributed by atoms with E-state index in [2.05, 4.69) is 60.7 Å². The van der Waals surface area contributed by atoms with Crippen molar-refractivity contribution in [3.05, 3.63) is 11.6 Å². The molecule has 140 valence electrons. The number of carbonyl (C=O) groups is 1. The fourth-order valence-electron chi connectivity index (χ4n) is 3.49. The van der Waals surface area contributed by atoms with Gasteiger partial charge in [0.25, 0.3) is 0 Å². The van der Waals surface area contributed by atoms with Crippen LogP contribution in [0.1, 0.15) is 61.3 Å². The van der Waals surface area contributed by atoms with Gasteiger partial charge in [0.15, 0.2) is 8.32 Å². The minimum Gasteiger partial charge on any atom is -0.461 e. The SMILES string of the molecule is CC(=O)OCC1=CC[C@H](C(C)C)[C@@]1(C)CCO[Si](C)(C)C(C)(C)C. The van der Waals surface area contributed by atoms with Crippen molar-refractivity contribution in [2.75, 3.05) is 13.2 Å². The molecule has 0 aromatic carbocycles. The van der Waals surface area contributed by atoms with Gasteiger partial charge in [-0.2, -0.15) is 0 Å². The summed E-state index contributed by atoms with van der Waals surface area (Å²) in [7, 11) is -1.72. The second-order valence-electron chi connectivity index (χ2n) is 9.37. The van der Waals surface area contributed by atoms with Gasteiger partial charge in [-0.25, -0.2) is 0 Å². The van der Waals surface area contributed by atoms with E-state index in [9.17, 15) is 4.79 Å². The predicted molar refractivity (Wildman–Crippen MR) is 104 cm³/mol. The quantitative estimate of drug-likeness (QED) is 0.340. The van der Waals surface area contributed by atoms with Crippen molar-refractivity contribution in [2.24, 2.45) is 17.3 Å². The molecule has 0 saturated carbocycles. The summed E-state index contributed by atoms with van der Waals surface area (Å²) in [5, 5.41) is 0.234. The third-order valence-electron chi connectivity index (χ3n) is 6.30. The van der Waals surface area contributed by atoms with Gasteiger partial charge < -0.3 is 9.16 Å². The van der Waals surface area contributed by atoms with Gasteiger partial charge in [0.05, 0.1) is 0 Å². The second kappa shape index (κ2) is 7.73. The van der Waals surface area contributed by atoms with Crippen LogP contribution in [0.2, 0.25) is 18.1 Å². The molecule has 0 saturated heterocycles. The van der Waals surface area contributed by atoms with E-state index < -0.39 is 8.32 Å². The highest BCUT2D eigenvalue weighted by molar-refractivity contribution is 6.74. The van der Waals surface area contributed by atoms with Crippen molar-refractivity contribution < 1.29 is 14.0 Å². The lowest BCUT2D eigenvalue weighted by Gasteiger charge is -2.40. The lowest BCUT2D eigenvalue weighted by molar-refractivity contribution is -0.140. The summed E-state index contributed by atoms with van der Waals surface area (Å²) in [4.78, 5) is 11.2. The highest BCUT2D eigenvalue weighted by Crippen LogP contribution is 2.50. The Morgan fingerprint density at radius 2 is 1.96 bits per heavy atom. The first-order chi connectivity index (χ1) is 10.8. The average molecular weight is 355 g/mol. The summed E-state index contributed by atoms with van der Waals surface area (Å²) in [5.41, 5.74) is 1.33. The normalized spacial score (nSPS) is 25.1. The maximum Gasteiger partial charge on any atom is 0.302 e. The van der Waals surface area contributed by atoms with E-state index in [-0.39, 0.29) is 16.4 Å². The second-order valence-corrected chi connectivity index (χ2v) is 14.2. The van der Waals surface area contributed by atoms with E-state index >= 15 is 0 Å². The third-order valence-corrected chi connectivity index (χ3v) is 10.8. The van der Waals surface area contributed by atoms with Crippen LogP contribution in [0.15, 0.2) is 11.6 Å². The summed E-state index contributed by atoms with van der Waals surface area (Å²) in [6.07, 6.45) is 4.36. The Bertz CT molecular complexity index is 474. The third kappa shape index (κ3) is 4.95. The summed E-state index contributed by atoms with van der Waals surface area (Å²) in [6, 6.07) is 0. The van der Waals surface area contributed by atoms with Gasteiger partial charge in [-0.1, -0.05) is 47.6 Å². The van der Waals surface area contributed by atoms with Crippen LogP contribution in [-0.2, 0) is 14.0 Å². The minimum absolute atomic E-state index is 0.0615. The Labute approximate surface area is 150 Å². The van der Waals surface area contributed by atoms with Crippen LogP contribution in [0.5, 0.6) is 0 Å². The molecule has 0 aromatic rings. The first-order valence-electron chi connectivity index (χ1n) is 9.28. The van der Waals surface area contributed by atoms with Gasteiger partial charge in [0, 0.05) is 13.5 Å². The molecule has 0 aliphatic heterocycles. The van der Waals surface area contributed by atoms with Gasteiger partial charge in [-0.15, -0.1) is 0 Å². The zero-order valence-corrected chi connectivity index (χ0v) is 18.3. The fourth-order valence-corrected chi connectivity index (χ4v) is 4.54. The van der Waals surface area contributed by atoms with E-state index in [1.165, 1.54) is 12.5 Å². The predicted octanol–water partition coefficient (Wildman–Crippen LogP) is 5.57. The molecule has 4 heteroatoms. The summed E-state index contributed by atoms with van der Waals surface area (Å²) in [6.45, 7) is 21.0. The number of rotatable bonds is 7. The van der Waals surface area contributed by atoms with Crippen LogP contribution in [0.25, 0.3) is 0 Å². The largest absolute Gasteiger partial charge is 0.461 e. The van der Waals surface area contributed by atoms with Crippen molar-refractivity contribution >= 4 is 14.3 Å². The molecule has 24 heavy (non-hydrogen) atoms. The molecule has 0 N–H and O–H groups in total. The highest BCUT2D eigenvalue weighted by atomic mass is 28.4. The van der Waals surface area contributed by atoms with Crippen LogP contribution < -0.4 is 0 Å². The molecule has 0 heterocycles. The van der Waals surface area contributed by atoms with Crippen molar-refractivity contribution in [2.45, 2.75) is 79.4 Å². The molecule has 1 aliphatic carbocycles. The smallest absolute Gasteiger partial charge is 0.302 e. The molecule has 0 fully saturated rings. The van der Waals surface area contributed by atoms with Gasteiger partial charge in [0.1, 0.15) is 6.61 Å². The van der Waals surface area contributed by atoms with Crippen LogP contribution >= 0.6 is 0 Å². The molecule has 0 spiro atoms. The Balaban J connectivity index is 2.81. The Morgan fingerprint density at radius 1 is 1.38 bits per heavy atom. The van der Waals surface area contributed by atoms with Crippen molar-refractivity contribution in [3.63, 3.8) is 0 Å². The van der Waals surface area contributed by atoms with Crippen LogP contribution in [0.3, 0.4) is 0 Å².